The van der Waals surface area contributed by atoms with E-state index >= 15 is 0 Å². The smallest absolute Gasteiger partial charge is 0.118 e. The minimum atomic E-state index is -0.513. The van der Waals surface area contributed by atoms with Crippen molar-refractivity contribution in [3.05, 3.63) is 24.5 Å². The van der Waals surface area contributed by atoms with Gasteiger partial charge in [-0.1, -0.05) is 24.0 Å². The second-order valence-corrected chi connectivity index (χ2v) is 3.32. The second-order valence-electron chi connectivity index (χ2n) is 3.32. The molecule has 0 aromatic heterocycles. The lowest BCUT2D eigenvalue weighted by atomic mass is 9.90. The number of ether oxygens (including phenoxy) is 1. The number of aliphatic hydroxyl groups is 1. The second kappa shape index (κ2) is 6.28. The van der Waals surface area contributed by atoms with E-state index in [1.165, 1.54) is 6.26 Å². The first-order valence-corrected chi connectivity index (χ1v) is 4.86. The van der Waals surface area contributed by atoms with Crippen molar-refractivity contribution in [1.29, 1.82) is 0 Å². The fourth-order valence-electron chi connectivity index (χ4n) is 1.46. The summed E-state index contributed by atoms with van der Waals surface area (Å²) in [5.41, 5.74) is 0. The third kappa shape index (κ3) is 3.68. The fourth-order valence-corrected chi connectivity index (χ4v) is 1.46. The molecular weight excluding hydrogens is 176 g/mol. The van der Waals surface area contributed by atoms with E-state index in [2.05, 4.69) is 24.0 Å². The minimum Gasteiger partial charge on any atom is -0.504 e. The molecule has 0 heterocycles. The molecule has 1 rings (SSSR count). The minimum absolute atomic E-state index is 0.295. The van der Waals surface area contributed by atoms with Gasteiger partial charge < -0.3 is 9.84 Å². The molecule has 0 aromatic carbocycles. The van der Waals surface area contributed by atoms with Gasteiger partial charge in [-0.15, -0.1) is 0 Å². The predicted octanol–water partition coefficient (Wildman–Crippen LogP) is 1.87. The third-order valence-corrected chi connectivity index (χ3v) is 2.27. The lowest BCUT2D eigenvalue weighted by molar-refractivity contribution is 0.154. The Labute approximate surface area is 85.3 Å². The Bertz CT molecular complexity index is 268. The maximum absolute atomic E-state index is 9.69. The molecule has 0 spiro atoms. The van der Waals surface area contributed by atoms with Crippen LogP contribution in [0.3, 0.4) is 0 Å². The van der Waals surface area contributed by atoms with Crippen molar-refractivity contribution in [2.75, 3.05) is 7.11 Å². The monoisotopic (exact) mass is 192 g/mol. The molecule has 2 heteroatoms. The van der Waals surface area contributed by atoms with Gasteiger partial charge in [0.15, 0.2) is 0 Å². The predicted molar refractivity (Wildman–Crippen MR) is 56.4 cm³/mol. The molecule has 0 aliphatic heterocycles. The summed E-state index contributed by atoms with van der Waals surface area (Å²) in [6.45, 7) is 0. The zero-order chi connectivity index (χ0) is 10.2. The van der Waals surface area contributed by atoms with Gasteiger partial charge in [0, 0.05) is 6.08 Å². The SMILES string of the molecule is CO/C=C/C#CC(O)C1CC=CCC1. The summed E-state index contributed by atoms with van der Waals surface area (Å²) in [5, 5.41) is 9.69. The van der Waals surface area contributed by atoms with Crippen molar-refractivity contribution in [3.8, 4) is 11.8 Å². The van der Waals surface area contributed by atoms with Gasteiger partial charge in [-0.05, 0) is 25.2 Å². The van der Waals surface area contributed by atoms with Crippen LogP contribution in [-0.4, -0.2) is 18.3 Å². The molecule has 1 aliphatic carbocycles. The highest BCUT2D eigenvalue weighted by molar-refractivity contribution is 5.17. The van der Waals surface area contributed by atoms with Crippen LogP contribution in [0.15, 0.2) is 24.5 Å². The molecule has 2 nitrogen and oxygen atoms in total. The molecule has 2 atom stereocenters. The molecule has 1 N–H and O–H groups in total. The molecule has 0 saturated carbocycles. The van der Waals surface area contributed by atoms with Gasteiger partial charge in [0.1, 0.15) is 6.10 Å². The molecule has 0 saturated heterocycles. The highest BCUT2D eigenvalue weighted by Gasteiger charge is 2.16. The standard InChI is InChI=1S/C12H16O2/c1-14-10-6-5-9-12(13)11-7-3-2-4-8-11/h2-3,6,10-13H,4,7-8H2,1H3/b10-6+. The van der Waals surface area contributed by atoms with E-state index in [0.717, 1.165) is 19.3 Å². The summed E-state index contributed by atoms with van der Waals surface area (Å²) in [5.74, 6) is 5.84. The van der Waals surface area contributed by atoms with Crippen LogP contribution in [0.5, 0.6) is 0 Å². The number of allylic oxidation sites excluding steroid dienone is 3. The van der Waals surface area contributed by atoms with Crippen molar-refractivity contribution < 1.29 is 9.84 Å². The van der Waals surface area contributed by atoms with Crippen molar-refractivity contribution in [3.63, 3.8) is 0 Å². The molecule has 1 aliphatic rings. The number of hydrogen-bond donors (Lipinski definition) is 1. The van der Waals surface area contributed by atoms with E-state index in [-0.39, 0.29) is 0 Å². The fraction of sp³-hybridized carbons (Fsp3) is 0.500. The molecule has 0 radical (unpaired) electrons. The molecule has 76 valence electrons. The number of aliphatic hydroxyl groups excluding tert-OH is 1. The van der Waals surface area contributed by atoms with E-state index in [1.54, 1.807) is 13.2 Å². The van der Waals surface area contributed by atoms with Crippen LogP contribution in [0, 0.1) is 17.8 Å². The summed E-state index contributed by atoms with van der Waals surface area (Å²) in [7, 11) is 1.57. The first-order valence-electron chi connectivity index (χ1n) is 4.86. The van der Waals surface area contributed by atoms with Gasteiger partial charge in [0.05, 0.1) is 13.4 Å². The van der Waals surface area contributed by atoms with Gasteiger partial charge >= 0.3 is 0 Å². The average molecular weight is 192 g/mol. The normalized spacial score (nSPS) is 22.9. The van der Waals surface area contributed by atoms with E-state index in [9.17, 15) is 5.11 Å². The van der Waals surface area contributed by atoms with Crippen molar-refractivity contribution in [1.82, 2.24) is 0 Å². The summed E-state index contributed by atoms with van der Waals surface area (Å²) in [4.78, 5) is 0. The van der Waals surface area contributed by atoms with Gasteiger partial charge in [-0.2, -0.15) is 0 Å². The maximum atomic E-state index is 9.69. The molecule has 0 fully saturated rings. The Morgan fingerprint density at radius 3 is 3.07 bits per heavy atom. The summed E-state index contributed by atoms with van der Waals surface area (Å²) >= 11 is 0. The van der Waals surface area contributed by atoms with Crippen LogP contribution in [-0.2, 0) is 4.74 Å². The van der Waals surface area contributed by atoms with Crippen LogP contribution in [0.1, 0.15) is 19.3 Å². The quantitative estimate of drug-likeness (QED) is 0.411. The topological polar surface area (TPSA) is 29.5 Å². The first-order chi connectivity index (χ1) is 6.84. The number of rotatable bonds is 2. The van der Waals surface area contributed by atoms with Crippen molar-refractivity contribution >= 4 is 0 Å². The van der Waals surface area contributed by atoms with Crippen LogP contribution < -0.4 is 0 Å². The highest BCUT2D eigenvalue weighted by atomic mass is 16.5. The van der Waals surface area contributed by atoms with Gasteiger partial charge in [0.2, 0.25) is 0 Å². The van der Waals surface area contributed by atoms with Crippen LogP contribution in [0.4, 0.5) is 0 Å². The molecule has 2 unspecified atom stereocenters. The Kier molecular flexibility index (Phi) is 4.88. The Balaban J connectivity index is 2.39. The summed E-state index contributed by atoms with van der Waals surface area (Å²) in [6.07, 6.45) is 9.87. The van der Waals surface area contributed by atoms with E-state index in [0.29, 0.717) is 5.92 Å². The Morgan fingerprint density at radius 1 is 1.57 bits per heavy atom. The van der Waals surface area contributed by atoms with Crippen LogP contribution >= 0.6 is 0 Å². The lowest BCUT2D eigenvalue weighted by Gasteiger charge is -2.19. The molecule has 14 heavy (non-hydrogen) atoms. The maximum Gasteiger partial charge on any atom is 0.118 e. The van der Waals surface area contributed by atoms with Gasteiger partial charge in [-0.25, -0.2) is 0 Å². The van der Waals surface area contributed by atoms with Crippen LogP contribution in [0.25, 0.3) is 0 Å². The Morgan fingerprint density at radius 2 is 2.43 bits per heavy atom. The zero-order valence-electron chi connectivity index (χ0n) is 8.44. The number of hydrogen-bond acceptors (Lipinski definition) is 2. The zero-order valence-corrected chi connectivity index (χ0v) is 8.44. The van der Waals surface area contributed by atoms with E-state index < -0.39 is 6.10 Å². The lowest BCUT2D eigenvalue weighted by Crippen LogP contribution is -2.19. The molecule has 0 aromatic rings. The van der Waals surface area contributed by atoms with Crippen LogP contribution in [0.2, 0.25) is 0 Å². The van der Waals surface area contributed by atoms with Crippen molar-refractivity contribution in [2.45, 2.75) is 25.4 Å². The number of methoxy groups -OCH3 is 1. The van der Waals surface area contributed by atoms with Gasteiger partial charge in [0.25, 0.3) is 0 Å². The largest absolute Gasteiger partial charge is 0.504 e. The first kappa shape index (κ1) is 10.9. The summed E-state index contributed by atoms with van der Waals surface area (Å²) in [6, 6.07) is 0. The molecular formula is C12H16O2. The van der Waals surface area contributed by atoms with E-state index in [4.69, 9.17) is 4.74 Å². The van der Waals surface area contributed by atoms with Gasteiger partial charge in [-0.3, -0.25) is 0 Å². The Hall–Kier alpha value is -1.20. The van der Waals surface area contributed by atoms with E-state index in [1.807, 2.05) is 0 Å². The average Bonchev–Trinajstić information content (AvgIpc) is 2.25. The third-order valence-electron chi connectivity index (χ3n) is 2.27. The molecule has 0 bridgehead atoms. The summed E-state index contributed by atoms with van der Waals surface area (Å²) < 4.78 is 4.69. The molecule has 0 amide bonds. The highest BCUT2D eigenvalue weighted by Crippen LogP contribution is 2.21. The van der Waals surface area contributed by atoms with Crippen molar-refractivity contribution in [2.24, 2.45) is 5.92 Å².